The smallest absolute Gasteiger partial charge is 0.234 e. The van der Waals surface area contributed by atoms with Crippen molar-refractivity contribution in [1.82, 2.24) is 15.5 Å². The Hall–Kier alpha value is -1.46. The van der Waals surface area contributed by atoms with Crippen molar-refractivity contribution in [3.8, 4) is 0 Å². The van der Waals surface area contributed by atoms with E-state index < -0.39 is 0 Å². The largest absolute Gasteiger partial charge is 0.355 e. The van der Waals surface area contributed by atoms with Crippen LogP contribution in [0.25, 0.3) is 0 Å². The summed E-state index contributed by atoms with van der Waals surface area (Å²) in [4.78, 5) is 14.0. The number of nitrogens with one attached hydrogen (secondary N) is 2. The SMILES string of the molecule is O=C(CN1CCCNCC1)NCCc1cccc(F)c1. The third-order valence-electron chi connectivity index (χ3n) is 3.42. The molecule has 20 heavy (non-hydrogen) atoms. The van der Waals surface area contributed by atoms with Crippen LogP contribution in [-0.2, 0) is 11.2 Å². The number of hydrogen-bond acceptors (Lipinski definition) is 3. The van der Waals surface area contributed by atoms with Crippen molar-refractivity contribution in [3.63, 3.8) is 0 Å². The van der Waals surface area contributed by atoms with Gasteiger partial charge < -0.3 is 10.6 Å². The molecule has 1 amide bonds. The fourth-order valence-electron chi connectivity index (χ4n) is 2.36. The number of halogens is 1. The third kappa shape index (κ3) is 5.27. The molecule has 1 aromatic carbocycles. The van der Waals surface area contributed by atoms with Gasteiger partial charge >= 0.3 is 0 Å². The standard InChI is InChI=1S/C15H22FN3O/c16-14-4-1-3-13(11-14)5-7-18-15(20)12-19-9-2-6-17-8-10-19/h1,3-4,11,17H,2,5-10,12H2,(H,18,20). The molecule has 1 aromatic rings. The van der Waals surface area contributed by atoms with Crippen molar-refractivity contribution >= 4 is 5.91 Å². The van der Waals surface area contributed by atoms with Gasteiger partial charge in [0, 0.05) is 19.6 Å². The topological polar surface area (TPSA) is 44.4 Å². The lowest BCUT2D eigenvalue weighted by Gasteiger charge is -2.18. The van der Waals surface area contributed by atoms with Crippen LogP contribution in [0.3, 0.4) is 0 Å². The molecule has 1 fully saturated rings. The van der Waals surface area contributed by atoms with Crippen molar-refractivity contribution in [1.29, 1.82) is 0 Å². The molecule has 2 N–H and O–H groups in total. The van der Waals surface area contributed by atoms with Crippen LogP contribution in [0, 0.1) is 5.82 Å². The molecule has 0 aromatic heterocycles. The Morgan fingerprint density at radius 2 is 2.25 bits per heavy atom. The van der Waals surface area contributed by atoms with Gasteiger partial charge in [0.25, 0.3) is 0 Å². The third-order valence-corrected chi connectivity index (χ3v) is 3.42. The maximum absolute atomic E-state index is 13.0. The first-order chi connectivity index (χ1) is 9.74. The number of rotatable bonds is 5. The summed E-state index contributed by atoms with van der Waals surface area (Å²) < 4.78 is 13.0. The quantitative estimate of drug-likeness (QED) is 0.837. The second kappa shape index (κ2) is 7.97. The fourth-order valence-corrected chi connectivity index (χ4v) is 2.36. The summed E-state index contributed by atoms with van der Waals surface area (Å²) in [5.41, 5.74) is 0.907. The zero-order chi connectivity index (χ0) is 14.2. The van der Waals surface area contributed by atoms with Crippen LogP contribution in [0.4, 0.5) is 4.39 Å². The maximum Gasteiger partial charge on any atom is 0.234 e. The molecule has 1 aliphatic rings. The van der Waals surface area contributed by atoms with E-state index in [1.807, 2.05) is 6.07 Å². The summed E-state index contributed by atoms with van der Waals surface area (Å²) >= 11 is 0. The molecular formula is C15H22FN3O. The molecule has 1 heterocycles. The van der Waals surface area contributed by atoms with Crippen molar-refractivity contribution < 1.29 is 9.18 Å². The minimum absolute atomic E-state index is 0.0447. The van der Waals surface area contributed by atoms with Crippen LogP contribution >= 0.6 is 0 Å². The molecule has 0 saturated carbocycles. The lowest BCUT2D eigenvalue weighted by molar-refractivity contribution is -0.122. The summed E-state index contributed by atoms with van der Waals surface area (Å²) in [7, 11) is 0. The molecule has 110 valence electrons. The van der Waals surface area contributed by atoms with Crippen LogP contribution in [0.2, 0.25) is 0 Å². The van der Waals surface area contributed by atoms with Crippen LogP contribution in [0.15, 0.2) is 24.3 Å². The molecule has 4 nitrogen and oxygen atoms in total. The van der Waals surface area contributed by atoms with Gasteiger partial charge in [-0.1, -0.05) is 12.1 Å². The van der Waals surface area contributed by atoms with Gasteiger partial charge in [-0.05, 0) is 43.6 Å². The van der Waals surface area contributed by atoms with Crippen molar-refractivity contribution in [2.24, 2.45) is 0 Å². The van der Waals surface area contributed by atoms with Gasteiger partial charge in [0.2, 0.25) is 5.91 Å². The molecule has 2 rings (SSSR count). The number of benzene rings is 1. The van der Waals surface area contributed by atoms with Crippen molar-refractivity contribution in [2.75, 3.05) is 39.3 Å². The van der Waals surface area contributed by atoms with E-state index in [1.165, 1.54) is 12.1 Å². The predicted molar refractivity (Wildman–Crippen MR) is 77.0 cm³/mol. The van der Waals surface area contributed by atoms with Gasteiger partial charge in [-0.2, -0.15) is 0 Å². The zero-order valence-electron chi connectivity index (χ0n) is 11.7. The van der Waals surface area contributed by atoms with Crippen molar-refractivity contribution in [3.05, 3.63) is 35.6 Å². The van der Waals surface area contributed by atoms with E-state index in [-0.39, 0.29) is 11.7 Å². The van der Waals surface area contributed by atoms with E-state index in [1.54, 1.807) is 6.07 Å². The Balaban J connectivity index is 1.67. The molecule has 1 aliphatic heterocycles. The lowest BCUT2D eigenvalue weighted by Crippen LogP contribution is -2.39. The Morgan fingerprint density at radius 1 is 1.35 bits per heavy atom. The highest BCUT2D eigenvalue weighted by Crippen LogP contribution is 2.03. The number of nitrogens with zero attached hydrogens (tertiary/aromatic N) is 1. The maximum atomic E-state index is 13.0. The minimum Gasteiger partial charge on any atom is -0.355 e. The van der Waals surface area contributed by atoms with E-state index in [2.05, 4.69) is 15.5 Å². The van der Waals surface area contributed by atoms with Gasteiger partial charge in [-0.25, -0.2) is 4.39 Å². The van der Waals surface area contributed by atoms with Crippen molar-refractivity contribution in [2.45, 2.75) is 12.8 Å². The van der Waals surface area contributed by atoms with Crippen LogP contribution in [-0.4, -0.2) is 50.1 Å². The molecule has 0 atom stereocenters. The highest BCUT2D eigenvalue weighted by molar-refractivity contribution is 5.78. The molecule has 0 spiro atoms. The first kappa shape index (κ1) is 14.9. The fraction of sp³-hybridized carbons (Fsp3) is 0.533. The molecule has 0 radical (unpaired) electrons. The zero-order valence-corrected chi connectivity index (χ0v) is 11.7. The van der Waals surface area contributed by atoms with Crippen LogP contribution in [0.5, 0.6) is 0 Å². The minimum atomic E-state index is -0.231. The molecule has 1 saturated heterocycles. The van der Waals surface area contributed by atoms with E-state index in [9.17, 15) is 9.18 Å². The summed E-state index contributed by atoms with van der Waals surface area (Å²) in [5.74, 6) is -0.186. The molecule has 0 aliphatic carbocycles. The first-order valence-corrected chi connectivity index (χ1v) is 7.18. The average molecular weight is 279 g/mol. The number of hydrogen-bond donors (Lipinski definition) is 2. The predicted octanol–water partition coefficient (Wildman–Crippen LogP) is 0.780. The Morgan fingerprint density at radius 3 is 3.10 bits per heavy atom. The highest BCUT2D eigenvalue weighted by Gasteiger charge is 2.12. The number of carbonyl (C=O) groups is 1. The second-order valence-corrected chi connectivity index (χ2v) is 5.11. The average Bonchev–Trinajstić information content (AvgIpc) is 2.67. The van der Waals surface area contributed by atoms with Gasteiger partial charge in [-0.3, -0.25) is 9.69 Å². The van der Waals surface area contributed by atoms with Gasteiger partial charge in [0.15, 0.2) is 0 Å². The van der Waals surface area contributed by atoms with Crippen LogP contribution in [0.1, 0.15) is 12.0 Å². The van der Waals surface area contributed by atoms with E-state index in [0.717, 1.165) is 38.2 Å². The molecular weight excluding hydrogens is 257 g/mol. The summed E-state index contributed by atoms with van der Waals surface area (Å²) in [5, 5.41) is 6.21. The summed E-state index contributed by atoms with van der Waals surface area (Å²) in [6, 6.07) is 6.49. The summed E-state index contributed by atoms with van der Waals surface area (Å²) in [6.45, 7) is 4.84. The molecule has 0 unspecified atom stereocenters. The highest BCUT2D eigenvalue weighted by atomic mass is 19.1. The molecule has 0 bridgehead atoms. The van der Waals surface area contributed by atoms with Gasteiger partial charge in [0.1, 0.15) is 5.82 Å². The second-order valence-electron chi connectivity index (χ2n) is 5.11. The van der Waals surface area contributed by atoms with E-state index in [0.29, 0.717) is 19.5 Å². The van der Waals surface area contributed by atoms with E-state index in [4.69, 9.17) is 0 Å². The number of carbonyl (C=O) groups excluding carboxylic acids is 1. The Kier molecular flexibility index (Phi) is 5.95. The molecule has 5 heteroatoms. The first-order valence-electron chi connectivity index (χ1n) is 7.18. The monoisotopic (exact) mass is 279 g/mol. The van der Waals surface area contributed by atoms with Crippen LogP contribution < -0.4 is 10.6 Å². The number of amides is 1. The lowest BCUT2D eigenvalue weighted by atomic mass is 10.1. The van der Waals surface area contributed by atoms with E-state index >= 15 is 0 Å². The Labute approximate surface area is 119 Å². The Bertz CT molecular complexity index is 431. The van der Waals surface area contributed by atoms with Gasteiger partial charge in [0.05, 0.1) is 6.54 Å². The summed E-state index contributed by atoms with van der Waals surface area (Å²) in [6.07, 6.45) is 1.74. The van der Waals surface area contributed by atoms with Gasteiger partial charge in [-0.15, -0.1) is 0 Å². The normalized spacial score (nSPS) is 16.6.